The highest BCUT2D eigenvalue weighted by Crippen LogP contribution is 2.40. The molecule has 1 saturated carbocycles. The molecule has 6 heteroatoms. The molecule has 1 fully saturated rings. The van der Waals surface area contributed by atoms with Gasteiger partial charge in [-0.25, -0.2) is 8.78 Å². The van der Waals surface area contributed by atoms with E-state index in [1.54, 1.807) is 24.3 Å². The standard InChI is InChI=1S/C29H30F4O2/c1-2-19-8-10-20(11-9-19)12-17-24-26(30)18-25(21-6-4-3-5-7-21)28(27(24)31)34-22-13-15-23(16-14-22)35-29(32)33/h3-7,13-16,18-20,29H,2,8-12,17H2,1H3/t19-,20-. The Morgan fingerprint density at radius 1 is 0.857 bits per heavy atom. The summed E-state index contributed by atoms with van der Waals surface area (Å²) < 4.78 is 66.1. The van der Waals surface area contributed by atoms with E-state index in [1.165, 1.54) is 49.6 Å². The molecule has 0 saturated heterocycles. The molecule has 35 heavy (non-hydrogen) atoms. The lowest BCUT2D eigenvalue weighted by molar-refractivity contribution is -0.0498. The molecule has 3 aromatic rings. The quantitative estimate of drug-likeness (QED) is 0.281. The third-order valence-electron chi connectivity index (χ3n) is 6.97. The lowest BCUT2D eigenvalue weighted by Crippen LogP contribution is -2.15. The highest BCUT2D eigenvalue weighted by atomic mass is 19.3. The Morgan fingerprint density at radius 2 is 1.49 bits per heavy atom. The highest BCUT2D eigenvalue weighted by molar-refractivity contribution is 5.72. The van der Waals surface area contributed by atoms with Gasteiger partial charge >= 0.3 is 6.61 Å². The van der Waals surface area contributed by atoms with Gasteiger partial charge in [-0.15, -0.1) is 0 Å². The first kappa shape index (κ1) is 25.1. The van der Waals surface area contributed by atoms with Crippen molar-refractivity contribution >= 4 is 0 Å². The van der Waals surface area contributed by atoms with E-state index < -0.39 is 18.2 Å². The predicted molar refractivity (Wildman–Crippen MR) is 129 cm³/mol. The summed E-state index contributed by atoms with van der Waals surface area (Å²) in [5, 5.41) is 0. The van der Waals surface area contributed by atoms with Crippen LogP contribution in [0.1, 0.15) is 51.0 Å². The fraction of sp³-hybridized carbons (Fsp3) is 0.379. The zero-order valence-electron chi connectivity index (χ0n) is 19.8. The number of hydrogen-bond donors (Lipinski definition) is 0. The van der Waals surface area contributed by atoms with Gasteiger partial charge in [-0.1, -0.05) is 69.4 Å². The van der Waals surface area contributed by atoms with E-state index in [4.69, 9.17) is 4.74 Å². The Labute approximate surface area is 203 Å². The van der Waals surface area contributed by atoms with Crippen molar-refractivity contribution in [1.29, 1.82) is 0 Å². The second-order valence-corrected chi connectivity index (χ2v) is 9.18. The summed E-state index contributed by atoms with van der Waals surface area (Å²) in [7, 11) is 0. The van der Waals surface area contributed by atoms with Crippen LogP contribution < -0.4 is 9.47 Å². The normalized spacial score (nSPS) is 18.0. The molecular formula is C29H30F4O2. The maximum atomic E-state index is 15.8. The van der Waals surface area contributed by atoms with Crippen LogP contribution >= 0.6 is 0 Å². The van der Waals surface area contributed by atoms with Gasteiger partial charge in [0.25, 0.3) is 0 Å². The molecule has 1 aliphatic carbocycles. The van der Waals surface area contributed by atoms with E-state index in [1.807, 2.05) is 6.07 Å². The molecule has 2 nitrogen and oxygen atoms in total. The van der Waals surface area contributed by atoms with E-state index in [-0.39, 0.29) is 22.8 Å². The summed E-state index contributed by atoms with van der Waals surface area (Å²) in [6.45, 7) is -0.731. The molecule has 0 bridgehead atoms. The van der Waals surface area contributed by atoms with Crippen molar-refractivity contribution in [2.24, 2.45) is 11.8 Å². The lowest BCUT2D eigenvalue weighted by Gasteiger charge is -2.28. The van der Waals surface area contributed by atoms with Crippen LogP contribution in [0.2, 0.25) is 0 Å². The topological polar surface area (TPSA) is 18.5 Å². The molecule has 0 N–H and O–H groups in total. The van der Waals surface area contributed by atoms with E-state index in [2.05, 4.69) is 11.7 Å². The van der Waals surface area contributed by atoms with Crippen LogP contribution in [0.15, 0.2) is 60.7 Å². The smallest absolute Gasteiger partial charge is 0.387 e. The van der Waals surface area contributed by atoms with Crippen molar-refractivity contribution in [3.05, 3.63) is 77.9 Å². The fourth-order valence-electron chi connectivity index (χ4n) is 4.88. The fourth-order valence-corrected chi connectivity index (χ4v) is 4.88. The molecule has 0 radical (unpaired) electrons. The van der Waals surface area contributed by atoms with E-state index in [0.29, 0.717) is 23.5 Å². The maximum Gasteiger partial charge on any atom is 0.387 e. The molecule has 0 heterocycles. The van der Waals surface area contributed by atoms with Gasteiger partial charge in [0.05, 0.1) is 0 Å². The first-order chi connectivity index (χ1) is 16.9. The molecular weight excluding hydrogens is 456 g/mol. The van der Waals surface area contributed by atoms with Gasteiger partial charge in [0, 0.05) is 11.1 Å². The zero-order valence-corrected chi connectivity index (χ0v) is 19.8. The minimum atomic E-state index is -2.94. The van der Waals surface area contributed by atoms with Gasteiger partial charge < -0.3 is 9.47 Å². The zero-order chi connectivity index (χ0) is 24.8. The Morgan fingerprint density at radius 3 is 2.11 bits per heavy atom. The second-order valence-electron chi connectivity index (χ2n) is 9.18. The Kier molecular flexibility index (Phi) is 8.32. The van der Waals surface area contributed by atoms with E-state index in [0.717, 1.165) is 25.2 Å². The van der Waals surface area contributed by atoms with Gasteiger partial charge in [0.1, 0.15) is 17.3 Å². The van der Waals surface area contributed by atoms with Crippen LogP contribution in [-0.4, -0.2) is 6.61 Å². The number of rotatable bonds is 9. The van der Waals surface area contributed by atoms with Crippen LogP contribution in [-0.2, 0) is 6.42 Å². The summed E-state index contributed by atoms with van der Waals surface area (Å²) in [5.41, 5.74) is 0.929. The van der Waals surface area contributed by atoms with Crippen molar-refractivity contribution in [2.45, 2.75) is 58.5 Å². The third kappa shape index (κ3) is 6.36. The number of halogens is 4. The molecule has 0 spiro atoms. The average Bonchev–Trinajstić information content (AvgIpc) is 2.87. The first-order valence-electron chi connectivity index (χ1n) is 12.2. The molecule has 186 valence electrons. The van der Waals surface area contributed by atoms with Crippen LogP contribution in [0.5, 0.6) is 17.2 Å². The number of alkyl halides is 2. The summed E-state index contributed by atoms with van der Waals surface area (Å²) >= 11 is 0. The number of hydrogen-bond acceptors (Lipinski definition) is 2. The lowest BCUT2D eigenvalue weighted by atomic mass is 9.78. The Bertz CT molecular complexity index is 1090. The summed E-state index contributed by atoms with van der Waals surface area (Å²) in [6.07, 6.45) is 6.77. The van der Waals surface area contributed by atoms with Crippen molar-refractivity contribution in [1.82, 2.24) is 0 Å². The third-order valence-corrected chi connectivity index (χ3v) is 6.97. The molecule has 3 aromatic carbocycles. The molecule has 0 amide bonds. The van der Waals surface area contributed by atoms with Crippen LogP contribution in [0.4, 0.5) is 17.6 Å². The van der Waals surface area contributed by atoms with Crippen LogP contribution in [0.3, 0.4) is 0 Å². The summed E-state index contributed by atoms with van der Waals surface area (Å²) in [5.74, 6) is 0.0480. The van der Waals surface area contributed by atoms with Gasteiger partial charge in [0.15, 0.2) is 11.6 Å². The molecule has 0 aliphatic heterocycles. The van der Waals surface area contributed by atoms with Crippen LogP contribution in [0.25, 0.3) is 11.1 Å². The molecule has 1 aliphatic rings. The predicted octanol–water partition coefficient (Wildman–Crippen LogP) is 9.17. The average molecular weight is 487 g/mol. The Hall–Kier alpha value is -3.02. The molecule has 0 atom stereocenters. The minimum absolute atomic E-state index is 0.0231. The molecule has 4 rings (SSSR count). The minimum Gasteiger partial charge on any atom is -0.454 e. The van der Waals surface area contributed by atoms with Gasteiger partial charge in [0.2, 0.25) is 0 Å². The first-order valence-corrected chi connectivity index (χ1v) is 12.2. The second kappa shape index (κ2) is 11.6. The van der Waals surface area contributed by atoms with Crippen molar-refractivity contribution in [2.75, 3.05) is 0 Å². The van der Waals surface area contributed by atoms with Crippen molar-refractivity contribution in [3.8, 4) is 28.4 Å². The van der Waals surface area contributed by atoms with Crippen molar-refractivity contribution in [3.63, 3.8) is 0 Å². The van der Waals surface area contributed by atoms with Gasteiger partial charge in [-0.3, -0.25) is 0 Å². The van der Waals surface area contributed by atoms with E-state index in [9.17, 15) is 8.78 Å². The van der Waals surface area contributed by atoms with Crippen molar-refractivity contribution < 1.29 is 27.0 Å². The Balaban J connectivity index is 1.61. The van der Waals surface area contributed by atoms with Crippen LogP contribution in [0, 0.1) is 23.5 Å². The number of ether oxygens (including phenoxy) is 2. The molecule has 0 unspecified atom stereocenters. The monoisotopic (exact) mass is 486 g/mol. The number of benzene rings is 3. The summed E-state index contributed by atoms with van der Waals surface area (Å²) in [6, 6.07) is 15.7. The largest absolute Gasteiger partial charge is 0.454 e. The van der Waals surface area contributed by atoms with E-state index >= 15 is 8.78 Å². The van der Waals surface area contributed by atoms with Gasteiger partial charge in [-0.2, -0.15) is 8.78 Å². The summed E-state index contributed by atoms with van der Waals surface area (Å²) in [4.78, 5) is 0. The van der Waals surface area contributed by atoms with Gasteiger partial charge in [-0.05, 0) is 60.6 Å². The highest BCUT2D eigenvalue weighted by Gasteiger charge is 2.24. The maximum absolute atomic E-state index is 15.8. The molecule has 0 aromatic heterocycles. The SMILES string of the molecule is CC[C@H]1CC[C@H](CCc2c(F)cc(-c3ccccc3)c(Oc3ccc(OC(F)F)cc3)c2F)CC1.